The van der Waals surface area contributed by atoms with Gasteiger partial charge in [0.1, 0.15) is 23.1 Å². The van der Waals surface area contributed by atoms with Crippen LogP contribution in [0.15, 0.2) is 54.7 Å². The summed E-state index contributed by atoms with van der Waals surface area (Å²) >= 11 is 0. The van der Waals surface area contributed by atoms with Crippen LogP contribution >= 0.6 is 0 Å². The summed E-state index contributed by atoms with van der Waals surface area (Å²) in [6.07, 6.45) is 1.37. The lowest BCUT2D eigenvalue weighted by Crippen LogP contribution is -2.42. The molecule has 0 spiro atoms. The molecule has 2 aliphatic rings. The number of nitrogen functional groups attached to an aromatic ring is 1. The molecule has 2 aromatic carbocycles. The van der Waals surface area contributed by atoms with Crippen LogP contribution in [0.2, 0.25) is 0 Å². The van der Waals surface area contributed by atoms with E-state index in [1.807, 2.05) is 0 Å². The van der Waals surface area contributed by atoms with E-state index in [1.54, 1.807) is 63.2 Å². The van der Waals surface area contributed by atoms with Crippen LogP contribution in [0.5, 0.6) is 11.5 Å². The molecule has 3 heterocycles. The van der Waals surface area contributed by atoms with Gasteiger partial charge in [-0.2, -0.15) is 10.2 Å². The van der Waals surface area contributed by atoms with Gasteiger partial charge in [-0.1, -0.05) is 0 Å². The first-order valence-corrected chi connectivity index (χ1v) is 13.5. The van der Waals surface area contributed by atoms with Gasteiger partial charge in [0.05, 0.1) is 32.6 Å². The molecule has 0 radical (unpaired) electrons. The average molecular weight is 574 g/mol. The van der Waals surface area contributed by atoms with E-state index < -0.39 is 0 Å². The third-order valence-corrected chi connectivity index (χ3v) is 6.76. The molecule has 1 aromatic heterocycles. The van der Waals surface area contributed by atoms with Gasteiger partial charge in [-0.3, -0.25) is 14.5 Å². The van der Waals surface area contributed by atoms with Gasteiger partial charge in [0.2, 0.25) is 5.95 Å². The summed E-state index contributed by atoms with van der Waals surface area (Å²) in [4.78, 5) is 38.4. The maximum absolute atomic E-state index is 12.5. The van der Waals surface area contributed by atoms with Gasteiger partial charge in [0.25, 0.3) is 11.8 Å². The van der Waals surface area contributed by atoms with Gasteiger partial charge in [-0.05, 0) is 48.5 Å². The van der Waals surface area contributed by atoms with Crippen LogP contribution in [0, 0.1) is 11.3 Å². The Hall–Kier alpha value is -4.93. The Morgan fingerprint density at radius 2 is 1.29 bits per heavy atom. The molecule has 2 saturated heterocycles. The predicted molar refractivity (Wildman–Crippen MR) is 152 cm³/mol. The van der Waals surface area contributed by atoms with Crippen molar-refractivity contribution in [2.45, 2.75) is 0 Å². The molecule has 218 valence electrons. The summed E-state index contributed by atoms with van der Waals surface area (Å²) in [5.41, 5.74) is 7.44. The lowest BCUT2D eigenvalue weighted by atomic mass is 10.2. The third kappa shape index (κ3) is 7.03. The number of anilines is 4. The van der Waals surface area contributed by atoms with Crippen LogP contribution in [0.25, 0.3) is 0 Å². The highest BCUT2D eigenvalue weighted by molar-refractivity contribution is 5.80. The number of hydrogen-bond donors (Lipinski definition) is 1. The molecule has 0 bridgehead atoms. The van der Waals surface area contributed by atoms with E-state index in [4.69, 9.17) is 24.7 Å². The fourth-order valence-electron chi connectivity index (χ4n) is 4.51. The van der Waals surface area contributed by atoms with E-state index in [2.05, 4.69) is 16.0 Å². The van der Waals surface area contributed by atoms with Crippen molar-refractivity contribution in [2.75, 3.05) is 76.5 Å². The maximum Gasteiger partial charge on any atom is 0.260 e. The summed E-state index contributed by atoms with van der Waals surface area (Å²) in [7, 11) is 0. The zero-order chi connectivity index (χ0) is 29.3. The maximum atomic E-state index is 12.5. The molecule has 5 rings (SSSR count). The second kappa shape index (κ2) is 13.6. The Bertz CT molecular complexity index is 1340. The summed E-state index contributed by atoms with van der Waals surface area (Å²) < 4.78 is 22.1. The quantitative estimate of drug-likeness (QED) is 0.399. The fourth-order valence-corrected chi connectivity index (χ4v) is 4.51. The summed E-state index contributed by atoms with van der Waals surface area (Å²) in [5, 5.41) is 9.77. The SMILES string of the molecule is N#Cc1cnc(N)nc1N(c1ccc(OCC(=O)N2CCOCC2)cc1)c1ccc(OCC(=O)N2CCOCC2)cc1. The van der Waals surface area contributed by atoms with Crippen molar-refractivity contribution < 1.29 is 28.5 Å². The van der Waals surface area contributed by atoms with Gasteiger partial charge in [-0.25, -0.2) is 4.98 Å². The normalized spacial score (nSPS) is 15.0. The highest BCUT2D eigenvalue weighted by atomic mass is 16.5. The Morgan fingerprint density at radius 3 is 1.71 bits per heavy atom. The Balaban J connectivity index is 1.33. The van der Waals surface area contributed by atoms with E-state index >= 15 is 0 Å². The number of benzene rings is 2. The van der Waals surface area contributed by atoms with E-state index in [0.29, 0.717) is 75.5 Å². The van der Waals surface area contributed by atoms with Gasteiger partial charge in [0, 0.05) is 37.6 Å². The second-order valence-corrected chi connectivity index (χ2v) is 9.46. The minimum absolute atomic E-state index is 0.0113. The van der Waals surface area contributed by atoms with Crippen LogP contribution < -0.4 is 20.1 Å². The lowest BCUT2D eigenvalue weighted by Gasteiger charge is -2.27. The van der Waals surface area contributed by atoms with Gasteiger partial charge in [0.15, 0.2) is 19.0 Å². The Morgan fingerprint density at radius 1 is 0.833 bits per heavy atom. The summed E-state index contributed by atoms with van der Waals surface area (Å²) in [6, 6.07) is 16.2. The van der Waals surface area contributed by atoms with Gasteiger partial charge < -0.3 is 34.5 Å². The largest absolute Gasteiger partial charge is 0.484 e. The molecule has 2 aliphatic heterocycles. The average Bonchev–Trinajstić information content (AvgIpc) is 3.05. The zero-order valence-electron chi connectivity index (χ0n) is 23.0. The number of aromatic nitrogens is 2. The van der Waals surface area contributed by atoms with E-state index in [1.165, 1.54) is 6.20 Å². The molecule has 13 heteroatoms. The number of hydrogen-bond acceptors (Lipinski definition) is 11. The van der Waals surface area contributed by atoms with Crippen molar-refractivity contribution in [3.8, 4) is 17.6 Å². The van der Waals surface area contributed by atoms with E-state index in [-0.39, 0.29) is 42.4 Å². The van der Waals surface area contributed by atoms with Crippen molar-refractivity contribution >= 4 is 35.0 Å². The Kier molecular flexibility index (Phi) is 9.27. The highest BCUT2D eigenvalue weighted by Gasteiger charge is 2.21. The number of nitriles is 1. The van der Waals surface area contributed by atoms with Crippen molar-refractivity contribution in [2.24, 2.45) is 0 Å². The fraction of sp³-hybridized carbons (Fsp3) is 0.345. The van der Waals surface area contributed by atoms with Crippen molar-refractivity contribution in [3.63, 3.8) is 0 Å². The summed E-state index contributed by atoms with van der Waals surface area (Å²) in [6.45, 7) is 4.12. The Labute approximate surface area is 243 Å². The van der Waals surface area contributed by atoms with E-state index in [0.717, 1.165) is 0 Å². The number of ether oxygens (including phenoxy) is 4. The number of carbonyl (C=O) groups excluding carboxylic acids is 2. The van der Waals surface area contributed by atoms with Crippen LogP contribution in [-0.4, -0.2) is 97.4 Å². The molecule has 13 nitrogen and oxygen atoms in total. The molecule has 3 aromatic rings. The van der Waals surface area contributed by atoms with Crippen molar-refractivity contribution in [3.05, 3.63) is 60.3 Å². The zero-order valence-corrected chi connectivity index (χ0v) is 23.0. The molecular formula is C29H31N7O6. The van der Waals surface area contributed by atoms with Crippen molar-refractivity contribution in [1.82, 2.24) is 19.8 Å². The monoisotopic (exact) mass is 573 g/mol. The second-order valence-electron chi connectivity index (χ2n) is 9.46. The highest BCUT2D eigenvalue weighted by Crippen LogP contribution is 2.36. The number of nitrogens with zero attached hydrogens (tertiary/aromatic N) is 6. The molecular weight excluding hydrogens is 542 g/mol. The minimum Gasteiger partial charge on any atom is -0.484 e. The molecule has 0 unspecified atom stereocenters. The molecule has 2 fully saturated rings. The molecule has 2 N–H and O–H groups in total. The predicted octanol–water partition coefficient (Wildman–Crippen LogP) is 1.88. The summed E-state index contributed by atoms with van der Waals surface area (Å²) in [5.74, 6) is 1.11. The van der Waals surface area contributed by atoms with Crippen LogP contribution in [0.4, 0.5) is 23.1 Å². The van der Waals surface area contributed by atoms with Crippen molar-refractivity contribution in [1.29, 1.82) is 5.26 Å². The number of amides is 2. The van der Waals surface area contributed by atoms with Gasteiger partial charge in [-0.15, -0.1) is 0 Å². The first-order valence-electron chi connectivity index (χ1n) is 13.5. The standard InChI is InChI=1S/C29H31N7O6/c30-17-21-18-32-29(31)33-28(21)36(22-1-5-24(6-2-22)41-19-26(37)34-9-13-39-14-10-34)23-3-7-25(8-4-23)42-20-27(38)35-11-15-40-16-12-35/h1-8,18H,9-16,19-20H2,(H2,31,32,33). The molecule has 0 atom stereocenters. The molecule has 0 aliphatic carbocycles. The topological polar surface area (TPSA) is 156 Å². The number of carbonyl (C=O) groups is 2. The van der Waals surface area contributed by atoms with E-state index in [9.17, 15) is 14.9 Å². The number of rotatable bonds is 9. The number of morpholine rings is 2. The first kappa shape index (κ1) is 28.6. The molecule has 42 heavy (non-hydrogen) atoms. The smallest absolute Gasteiger partial charge is 0.260 e. The van der Waals surface area contributed by atoms with Crippen LogP contribution in [0.3, 0.4) is 0 Å². The number of nitrogens with two attached hydrogens (primary N) is 1. The minimum atomic E-state index is -0.104. The molecule has 2 amide bonds. The first-order chi connectivity index (χ1) is 20.5. The van der Waals surface area contributed by atoms with Crippen LogP contribution in [0.1, 0.15) is 5.56 Å². The third-order valence-electron chi connectivity index (χ3n) is 6.76. The molecule has 0 saturated carbocycles. The van der Waals surface area contributed by atoms with Crippen LogP contribution in [-0.2, 0) is 19.1 Å². The lowest BCUT2D eigenvalue weighted by molar-refractivity contribution is -0.138. The van der Waals surface area contributed by atoms with Gasteiger partial charge >= 0.3 is 0 Å².